The molecule has 1 aliphatic rings. The molecular formula is C40H44N4S2. The number of hydrogen-bond donors (Lipinski definition) is 2. The van der Waals surface area contributed by atoms with Crippen molar-refractivity contribution in [2.75, 3.05) is 22.1 Å². The van der Waals surface area contributed by atoms with Gasteiger partial charge in [-0.3, -0.25) is 0 Å². The zero-order chi connectivity index (χ0) is 32.1. The predicted octanol–water partition coefficient (Wildman–Crippen LogP) is 12.1. The molecule has 0 aliphatic carbocycles. The highest BCUT2D eigenvalue weighted by Crippen LogP contribution is 2.53. The van der Waals surface area contributed by atoms with E-state index in [0.717, 1.165) is 87.1 Å². The fourth-order valence-corrected chi connectivity index (χ4v) is 9.52. The lowest BCUT2D eigenvalue weighted by atomic mass is 9.77. The van der Waals surface area contributed by atoms with Gasteiger partial charge in [0.15, 0.2) is 0 Å². The van der Waals surface area contributed by atoms with E-state index >= 15 is 0 Å². The number of benzene rings is 5. The van der Waals surface area contributed by atoms with Gasteiger partial charge in [-0.2, -0.15) is 0 Å². The molecule has 236 valence electrons. The minimum absolute atomic E-state index is 0.0146. The van der Waals surface area contributed by atoms with Gasteiger partial charge in [0.1, 0.15) is 5.52 Å². The summed E-state index contributed by atoms with van der Waals surface area (Å²) in [4.78, 5) is 14.0. The van der Waals surface area contributed by atoms with Gasteiger partial charge < -0.3 is 10.6 Å². The molecule has 7 rings (SSSR count). The zero-order valence-corrected chi connectivity index (χ0v) is 29.5. The van der Waals surface area contributed by atoms with Gasteiger partial charge in [-0.15, -0.1) is 23.5 Å². The fourth-order valence-electron chi connectivity index (χ4n) is 6.85. The van der Waals surface area contributed by atoms with Crippen molar-refractivity contribution in [3.8, 4) is 0 Å². The van der Waals surface area contributed by atoms with Gasteiger partial charge in [0, 0.05) is 54.5 Å². The lowest BCUT2D eigenvalue weighted by Gasteiger charge is -2.34. The van der Waals surface area contributed by atoms with Gasteiger partial charge in [-0.25, -0.2) is 9.97 Å². The van der Waals surface area contributed by atoms with Crippen molar-refractivity contribution in [3.63, 3.8) is 0 Å². The van der Waals surface area contributed by atoms with Gasteiger partial charge in [0.05, 0.1) is 22.2 Å². The molecule has 6 aromatic rings. The molecule has 1 aliphatic heterocycles. The van der Waals surface area contributed by atoms with Crippen LogP contribution in [0.15, 0.2) is 82.6 Å². The minimum atomic E-state index is -0.0146. The van der Waals surface area contributed by atoms with Crippen LogP contribution in [0.5, 0.6) is 0 Å². The first-order valence-corrected chi connectivity index (χ1v) is 18.8. The summed E-state index contributed by atoms with van der Waals surface area (Å²) in [6.07, 6.45) is 4.25. The van der Waals surface area contributed by atoms with E-state index in [2.05, 4.69) is 125 Å². The third-order valence-corrected chi connectivity index (χ3v) is 13.2. The van der Waals surface area contributed by atoms with Gasteiger partial charge in [-0.05, 0) is 73.1 Å². The summed E-state index contributed by atoms with van der Waals surface area (Å²) in [6.45, 7) is 13.9. The normalized spacial score (nSPS) is 13.9. The summed E-state index contributed by atoms with van der Waals surface area (Å²) < 4.78 is 0. The Labute approximate surface area is 281 Å². The number of aromatic nitrogens is 2. The molecule has 0 bridgehead atoms. The Morgan fingerprint density at radius 1 is 0.587 bits per heavy atom. The topological polar surface area (TPSA) is 49.8 Å². The zero-order valence-electron chi connectivity index (χ0n) is 27.9. The van der Waals surface area contributed by atoms with Crippen molar-refractivity contribution >= 4 is 84.2 Å². The summed E-state index contributed by atoms with van der Waals surface area (Å²) in [6, 6.07) is 26.1. The third-order valence-electron chi connectivity index (χ3n) is 10.6. The summed E-state index contributed by atoms with van der Waals surface area (Å²) in [5, 5.41) is 12.4. The Bertz CT molecular complexity index is 2080. The van der Waals surface area contributed by atoms with E-state index in [1.54, 1.807) is 0 Å². The fraction of sp³-hybridized carbons (Fsp3) is 0.350. The molecule has 6 heteroatoms. The Morgan fingerprint density at radius 3 is 1.63 bits per heavy atom. The van der Waals surface area contributed by atoms with Crippen LogP contribution in [0.1, 0.15) is 72.8 Å². The monoisotopic (exact) mass is 644 g/mol. The van der Waals surface area contributed by atoms with E-state index in [4.69, 9.17) is 9.97 Å². The molecule has 0 unspecified atom stereocenters. The van der Waals surface area contributed by atoms with Crippen LogP contribution in [0.3, 0.4) is 0 Å². The highest BCUT2D eigenvalue weighted by atomic mass is 32.2. The van der Waals surface area contributed by atoms with Crippen LogP contribution in [0.4, 0.5) is 17.1 Å². The summed E-state index contributed by atoms with van der Waals surface area (Å²) in [5.41, 5.74) is 8.70. The van der Waals surface area contributed by atoms with Gasteiger partial charge in [0.2, 0.25) is 0 Å². The van der Waals surface area contributed by atoms with Crippen molar-refractivity contribution in [1.29, 1.82) is 0 Å². The smallest absolute Gasteiger partial charge is 0.114 e. The van der Waals surface area contributed by atoms with Gasteiger partial charge >= 0.3 is 0 Å². The lowest BCUT2D eigenvalue weighted by Crippen LogP contribution is -2.32. The van der Waals surface area contributed by atoms with Crippen LogP contribution in [-0.4, -0.2) is 27.0 Å². The molecule has 0 atom stereocenters. The molecule has 0 saturated heterocycles. The van der Waals surface area contributed by atoms with Crippen molar-refractivity contribution < 1.29 is 0 Å². The van der Waals surface area contributed by atoms with Crippen LogP contribution >= 0.6 is 23.5 Å². The van der Waals surface area contributed by atoms with Crippen LogP contribution in [0, 0.1) is 0 Å². The number of nitrogens with zero attached hydrogens (tertiary/aromatic N) is 2. The second kappa shape index (κ2) is 12.3. The number of nitrogens with one attached hydrogen (secondary N) is 2. The van der Waals surface area contributed by atoms with Crippen molar-refractivity contribution in [1.82, 2.24) is 9.97 Å². The Balaban J connectivity index is 1.52. The number of hydrogen-bond acceptors (Lipinski definition) is 6. The molecule has 1 aromatic heterocycles. The maximum absolute atomic E-state index is 5.67. The largest absolute Gasteiger partial charge is 0.380 e. The van der Waals surface area contributed by atoms with Gasteiger partial charge in [0.25, 0.3) is 0 Å². The van der Waals surface area contributed by atoms with E-state index in [0.29, 0.717) is 0 Å². The van der Waals surface area contributed by atoms with Crippen molar-refractivity contribution in [2.45, 2.75) is 88.0 Å². The molecule has 46 heavy (non-hydrogen) atoms. The third kappa shape index (κ3) is 5.18. The average Bonchev–Trinajstić information content (AvgIpc) is 3.11. The molecular weight excluding hydrogens is 601 g/mol. The van der Waals surface area contributed by atoms with Crippen LogP contribution in [0.25, 0.3) is 43.6 Å². The molecule has 0 fully saturated rings. The Kier molecular flexibility index (Phi) is 8.31. The first kappa shape index (κ1) is 31.1. The first-order valence-electron chi connectivity index (χ1n) is 16.8. The standard InChI is InChI=1S/C40H44N4S2/c1-7-39(5,8-2)31-34-35(43-33-30-18-14-12-16-28(30)27-15-11-13-17-29(27)32(33)42-34)36(38-37(31)45-23-24-46-38)41-25-19-21-26(22-20-25)44-40(6,9-3)10-4/h11-22,41,44H,7-10,23-24H2,1-6H3. The quantitative estimate of drug-likeness (QED) is 0.121. The van der Waals surface area contributed by atoms with Crippen molar-refractivity contribution in [3.05, 3.63) is 78.4 Å². The van der Waals surface area contributed by atoms with E-state index in [9.17, 15) is 0 Å². The number of rotatable bonds is 9. The van der Waals surface area contributed by atoms with Crippen LogP contribution in [-0.2, 0) is 5.41 Å². The molecule has 0 radical (unpaired) electrons. The first-order chi connectivity index (χ1) is 22.3. The summed E-state index contributed by atoms with van der Waals surface area (Å²) in [5.74, 6) is 2.18. The highest BCUT2D eigenvalue weighted by molar-refractivity contribution is 8.05. The molecule has 2 N–H and O–H groups in total. The summed E-state index contributed by atoms with van der Waals surface area (Å²) in [7, 11) is 0. The molecule has 0 amide bonds. The van der Waals surface area contributed by atoms with E-state index < -0.39 is 0 Å². The lowest BCUT2D eigenvalue weighted by molar-refractivity contribution is 0.433. The number of anilines is 3. The van der Waals surface area contributed by atoms with Crippen molar-refractivity contribution in [2.24, 2.45) is 0 Å². The van der Waals surface area contributed by atoms with E-state index in [1.807, 2.05) is 23.5 Å². The SMILES string of the molecule is CCC(C)(CC)Nc1ccc(Nc2c3c(c(C(C)(CC)CC)c4nc5c6ccccc6c6ccccc6c5nc24)SCCS3)cc1. The molecule has 5 aromatic carbocycles. The number of thioether (sulfide) groups is 2. The summed E-state index contributed by atoms with van der Waals surface area (Å²) >= 11 is 3.96. The van der Waals surface area contributed by atoms with Gasteiger partial charge in [-0.1, -0.05) is 83.1 Å². The molecule has 2 heterocycles. The Hall–Kier alpha value is -3.48. The molecule has 0 saturated carbocycles. The number of fused-ring (bicyclic) bond motifs is 8. The minimum Gasteiger partial charge on any atom is -0.380 e. The van der Waals surface area contributed by atoms with E-state index in [-0.39, 0.29) is 11.0 Å². The Morgan fingerprint density at radius 2 is 1.09 bits per heavy atom. The average molecular weight is 645 g/mol. The predicted molar refractivity (Wildman–Crippen MR) is 204 cm³/mol. The maximum Gasteiger partial charge on any atom is 0.114 e. The highest BCUT2D eigenvalue weighted by Gasteiger charge is 2.34. The van der Waals surface area contributed by atoms with Crippen LogP contribution < -0.4 is 10.6 Å². The second-order valence-corrected chi connectivity index (χ2v) is 15.4. The maximum atomic E-state index is 5.67. The molecule has 0 spiro atoms. The van der Waals surface area contributed by atoms with Crippen LogP contribution in [0.2, 0.25) is 0 Å². The molecule has 4 nitrogen and oxygen atoms in total. The second-order valence-electron chi connectivity index (χ2n) is 13.2. The van der Waals surface area contributed by atoms with E-state index in [1.165, 1.54) is 26.1 Å².